The first-order chi connectivity index (χ1) is 16.0. The Bertz CT molecular complexity index is 1080. The largest absolute Gasteiger partial charge is 0.480 e. The van der Waals surface area contributed by atoms with Gasteiger partial charge >= 0.3 is 12.1 Å². The van der Waals surface area contributed by atoms with Crippen LogP contribution in [0.1, 0.15) is 36.3 Å². The summed E-state index contributed by atoms with van der Waals surface area (Å²) in [7, 11) is 0. The molecule has 7 nitrogen and oxygen atoms in total. The SMILES string of the molecule is O=C(NC1C=CC(C(=O)N2CCC[C@H]2C(=O)O)C1)OCC1c2ccccc2-c2ccccc21. The molecule has 2 amide bonds. The Morgan fingerprint density at radius 1 is 1.00 bits per heavy atom. The number of alkyl carbamates (subject to hydrolysis) is 1. The Kier molecular flexibility index (Phi) is 5.62. The van der Waals surface area contributed by atoms with Gasteiger partial charge in [0.2, 0.25) is 5.91 Å². The number of ether oxygens (including phenoxy) is 1. The van der Waals surface area contributed by atoms with Crippen LogP contribution in [0.4, 0.5) is 4.79 Å². The number of nitrogens with zero attached hydrogens (tertiary/aromatic N) is 1. The molecule has 3 atom stereocenters. The van der Waals surface area contributed by atoms with Gasteiger partial charge in [0.25, 0.3) is 0 Å². The van der Waals surface area contributed by atoms with Gasteiger partial charge in [-0.1, -0.05) is 60.7 Å². The summed E-state index contributed by atoms with van der Waals surface area (Å²) in [5, 5.41) is 12.2. The number of rotatable bonds is 5. The molecule has 33 heavy (non-hydrogen) atoms. The van der Waals surface area contributed by atoms with Crippen LogP contribution in [0.15, 0.2) is 60.7 Å². The van der Waals surface area contributed by atoms with Crippen molar-refractivity contribution >= 4 is 18.0 Å². The van der Waals surface area contributed by atoms with Crippen molar-refractivity contribution in [3.8, 4) is 11.1 Å². The maximum absolute atomic E-state index is 12.8. The molecular formula is C26H26N2O5. The molecule has 2 N–H and O–H groups in total. The fourth-order valence-corrected chi connectivity index (χ4v) is 5.28. The maximum Gasteiger partial charge on any atom is 0.407 e. The molecule has 7 heteroatoms. The summed E-state index contributed by atoms with van der Waals surface area (Å²) in [6, 6.07) is 15.3. The molecule has 1 aliphatic heterocycles. The standard InChI is InChI=1S/C26H26N2O5/c29-24(28-13-5-10-23(28)25(30)31)16-11-12-17(14-16)27-26(32)33-15-22-20-8-3-1-6-18(20)19-7-2-4-9-21(19)22/h1-4,6-9,11-12,16-17,22-23H,5,10,13-15H2,(H,27,32)(H,30,31)/t16?,17?,23-/m0/s1. The van der Waals surface area contributed by atoms with Gasteiger partial charge in [-0.3, -0.25) is 4.79 Å². The molecule has 0 radical (unpaired) electrons. The molecule has 1 heterocycles. The third-order valence-electron chi connectivity index (χ3n) is 6.87. The van der Waals surface area contributed by atoms with E-state index in [1.807, 2.05) is 24.3 Å². The summed E-state index contributed by atoms with van der Waals surface area (Å²) < 4.78 is 5.59. The second-order valence-corrected chi connectivity index (χ2v) is 8.83. The van der Waals surface area contributed by atoms with Gasteiger partial charge in [0, 0.05) is 12.5 Å². The minimum absolute atomic E-state index is 0.0142. The third kappa shape index (κ3) is 3.99. The second-order valence-electron chi connectivity index (χ2n) is 8.83. The van der Waals surface area contributed by atoms with Crippen LogP contribution in [0.5, 0.6) is 0 Å². The molecule has 0 bridgehead atoms. The number of carbonyl (C=O) groups excluding carboxylic acids is 2. The monoisotopic (exact) mass is 446 g/mol. The lowest BCUT2D eigenvalue weighted by atomic mass is 9.98. The van der Waals surface area contributed by atoms with Crippen molar-refractivity contribution in [2.24, 2.45) is 5.92 Å². The average molecular weight is 447 g/mol. The van der Waals surface area contributed by atoms with Crippen molar-refractivity contribution < 1.29 is 24.2 Å². The van der Waals surface area contributed by atoms with Crippen molar-refractivity contribution in [1.82, 2.24) is 10.2 Å². The van der Waals surface area contributed by atoms with Gasteiger partial charge in [0.05, 0.1) is 12.0 Å². The zero-order valence-electron chi connectivity index (χ0n) is 18.1. The highest BCUT2D eigenvalue weighted by molar-refractivity contribution is 5.87. The van der Waals surface area contributed by atoms with Crippen LogP contribution < -0.4 is 5.32 Å². The van der Waals surface area contributed by atoms with Crippen LogP contribution in [0, 0.1) is 5.92 Å². The van der Waals surface area contributed by atoms with E-state index in [0.29, 0.717) is 25.8 Å². The van der Waals surface area contributed by atoms with E-state index in [9.17, 15) is 19.5 Å². The van der Waals surface area contributed by atoms with Gasteiger partial charge in [-0.05, 0) is 41.5 Å². The van der Waals surface area contributed by atoms with Gasteiger partial charge in [0.1, 0.15) is 12.6 Å². The molecule has 3 aliphatic rings. The first kappa shape index (κ1) is 21.2. The van der Waals surface area contributed by atoms with Crippen molar-refractivity contribution in [2.45, 2.75) is 37.3 Å². The van der Waals surface area contributed by atoms with E-state index in [4.69, 9.17) is 4.74 Å². The predicted octanol–water partition coefficient (Wildman–Crippen LogP) is 3.55. The average Bonchev–Trinajstić information content (AvgIpc) is 3.55. The number of aliphatic carboxylic acids is 1. The van der Waals surface area contributed by atoms with E-state index >= 15 is 0 Å². The number of likely N-dealkylation sites (tertiary alicyclic amines) is 1. The fraction of sp³-hybridized carbons (Fsp3) is 0.346. The number of amides is 2. The van der Waals surface area contributed by atoms with E-state index in [2.05, 4.69) is 29.6 Å². The molecular weight excluding hydrogens is 420 g/mol. The van der Waals surface area contributed by atoms with E-state index in [1.165, 1.54) is 16.0 Å². The Morgan fingerprint density at radius 3 is 2.33 bits per heavy atom. The zero-order valence-corrected chi connectivity index (χ0v) is 18.1. The molecule has 2 aromatic rings. The van der Waals surface area contributed by atoms with Gasteiger partial charge in [-0.2, -0.15) is 0 Å². The van der Waals surface area contributed by atoms with Crippen LogP contribution in [0.2, 0.25) is 0 Å². The van der Waals surface area contributed by atoms with Crippen LogP contribution >= 0.6 is 0 Å². The van der Waals surface area contributed by atoms with Crippen molar-refractivity contribution in [3.05, 3.63) is 71.8 Å². The number of hydrogen-bond acceptors (Lipinski definition) is 4. The van der Waals surface area contributed by atoms with E-state index in [0.717, 1.165) is 11.1 Å². The number of nitrogens with one attached hydrogen (secondary N) is 1. The maximum atomic E-state index is 12.8. The molecule has 2 aromatic carbocycles. The summed E-state index contributed by atoms with van der Waals surface area (Å²) in [4.78, 5) is 38.2. The first-order valence-electron chi connectivity index (χ1n) is 11.4. The number of benzene rings is 2. The normalized spacial score (nSPS) is 23.3. The Morgan fingerprint density at radius 2 is 1.67 bits per heavy atom. The van der Waals surface area contributed by atoms with E-state index < -0.39 is 24.0 Å². The quantitative estimate of drug-likeness (QED) is 0.685. The van der Waals surface area contributed by atoms with Gasteiger partial charge in [0.15, 0.2) is 0 Å². The fourth-order valence-electron chi connectivity index (χ4n) is 5.28. The van der Waals surface area contributed by atoms with Crippen LogP contribution in [-0.4, -0.2) is 53.2 Å². The molecule has 0 saturated carbocycles. The zero-order chi connectivity index (χ0) is 22.9. The van der Waals surface area contributed by atoms with Crippen molar-refractivity contribution in [1.29, 1.82) is 0 Å². The van der Waals surface area contributed by atoms with Crippen LogP contribution in [0.25, 0.3) is 11.1 Å². The third-order valence-corrected chi connectivity index (χ3v) is 6.87. The predicted molar refractivity (Wildman–Crippen MR) is 122 cm³/mol. The smallest absolute Gasteiger partial charge is 0.407 e. The number of carbonyl (C=O) groups is 3. The lowest BCUT2D eigenvalue weighted by Crippen LogP contribution is -2.43. The molecule has 1 saturated heterocycles. The van der Waals surface area contributed by atoms with Gasteiger partial charge < -0.3 is 20.1 Å². The van der Waals surface area contributed by atoms with E-state index in [1.54, 1.807) is 12.2 Å². The lowest BCUT2D eigenvalue weighted by molar-refractivity contribution is -0.149. The number of carboxylic acid groups (broad SMARTS) is 1. The topological polar surface area (TPSA) is 95.9 Å². The molecule has 2 unspecified atom stereocenters. The second kappa shape index (κ2) is 8.73. The minimum atomic E-state index is -0.962. The number of fused-ring (bicyclic) bond motifs is 3. The lowest BCUT2D eigenvalue weighted by Gasteiger charge is -2.24. The molecule has 1 fully saturated rings. The summed E-state index contributed by atoms with van der Waals surface area (Å²) >= 11 is 0. The Hall–Kier alpha value is -3.61. The van der Waals surface area contributed by atoms with Gasteiger partial charge in [-0.15, -0.1) is 0 Å². The minimum Gasteiger partial charge on any atom is -0.480 e. The number of carboxylic acids is 1. The Balaban J connectivity index is 1.17. The summed E-state index contributed by atoms with van der Waals surface area (Å²) in [5.74, 6) is -1.59. The summed E-state index contributed by atoms with van der Waals surface area (Å²) in [5.41, 5.74) is 4.64. The molecule has 0 aromatic heterocycles. The van der Waals surface area contributed by atoms with Crippen molar-refractivity contribution in [3.63, 3.8) is 0 Å². The van der Waals surface area contributed by atoms with Crippen LogP contribution in [-0.2, 0) is 14.3 Å². The molecule has 170 valence electrons. The van der Waals surface area contributed by atoms with Gasteiger partial charge in [-0.25, -0.2) is 9.59 Å². The highest BCUT2D eigenvalue weighted by Crippen LogP contribution is 2.44. The van der Waals surface area contributed by atoms with Crippen LogP contribution in [0.3, 0.4) is 0 Å². The highest BCUT2D eigenvalue weighted by atomic mass is 16.5. The highest BCUT2D eigenvalue weighted by Gasteiger charge is 2.38. The molecule has 5 rings (SSSR count). The summed E-state index contributed by atoms with van der Waals surface area (Å²) in [6.45, 7) is 0.692. The first-order valence-corrected chi connectivity index (χ1v) is 11.4. The Labute approximate surface area is 192 Å². The number of hydrogen-bond donors (Lipinski definition) is 2. The molecule has 0 spiro atoms. The van der Waals surface area contributed by atoms with Crippen molar-refractivity contribution in [2.75, 3.05) is 13.2 Å². The molecule has 2 aliphatic carbocycles. The van der Waals surface area contributed by atoms with E-state index in [-0.39, 0.29) is 24.5 Å². The summed E-state index contributed by atoms with van der Waals surface area (Å²) in [6.07, 6.45) is 4.61.